The molecular weight excluding hydrogens is 304 g/mol. The number of benzene rings is 1. The first kappa shape index (κ1) is 13.4. The molecular formula is C14H13BrN4. The molecule has 19 heavy (non-hydrogen) atoms. The fourth-order valence-corrected chi connectivity index (χ4v) is 2.18. The molecule has 0 radical (unpaired) electrons. The lowest BCUT2D eigenvalue weighted by molar-refractivity contribution is 1.13. The standard InChI is InChI=1S/C14H13BrN4/c1-2-9-5-11(15)3-4-13(9)19-14-10(7-16)6-12(17)8-18-14/h3-6,8H,2,17H2,1H3,(H,18,19). The molecule has 0 amide bonds. The Kier molecular flexibility index (Phi) is 4.03. The molecule has 0 fully saturated rings. The third-order valence-electron chi connectivity index (χ3n) is 2.73. The van der Waals surface area contributed by atoms with Crippen molar-refractivity contribution in [3.05, 3.63) is 46.1 Å². The summed E-state index contributed by atoms with van der Waals surface area (Å²) < 4.78 is 1.03. The van der Waals surface area contributed by atoms with Gasteiger partial charge in [-0.1, -0.05) is 22.9 Å². The van der Waals surface area contributed by atoms with E-state index in [0.29, 0.717) is 17.1 Å². The van der Waals surface area contributed by atoms with Crippen molar-refractivity contribution in [2.75, 3.05) is 11.1 Å². The number of rotatable bonds is 3. The zero-order valence-electron chi connectivity index (χ0n) is 10.4. The summed E-state index contributed by atoms with van der Waals surface area (Å²) in [6.07, 6.45) is 2.42. The number of nitrogens with zero attached hydrogens (tertiary/aromatic N) is 2. The Morgan fingerprint density at radius 1 is 1.42 bits per heavy atom. The molecule has 1 aromatic heterocycles. The van der Waals surface area contributed by atoms with Crippen LogP contribution < -0.4 is 11.1 Å². The van der Waals surface area contributed by atoms with Gasteiger partial charge in [-0.25, -0.2) is 4.98 Å². The first-order valence-corrected chi connectivity index (χ1v) is 6.64. The highest BCUT2D eigenvalue weighted by Gasteiger charge is 2.07. The number of nitrogens with one attached hydrogen (secondary N) is 1. The normalized spacial score (nSPS) is 9.95. The van der Waals surface area contributed by atoms with Gasteiger partial charge < -0.3 is 11.1 Å². The molecule has 96 valence electrons. The zero-order valence-corrected chi connectivity index (χ0v) is 12.0. The Bertz CT molecular complexity index is 646. The molecule has 0 saturated carbocycles. The van der Waals surface area contributed by atoms with Crippen molar-refractivity contribution >= 4 is 33.1 Å². The Morgan fingerprint density at radius 2 is 2.21 bits per heavy atom. The van der Waals surface area contributed by atoms with E-state index in [-0.39, 0.29) is 0 Å². The molecule has 4 nitrogen and oxygen atoms in total. The Labute approximate surface area is 120 Å². The van der Waals surface area contributed by atoms with Gasteiger partial charge in [0, 0.05) is 10.2 Å². The summed E-state index contributed by atoms with van der Waals surface area (Å²) in [6, 6.07) is 9.66. The molecule has 0 aliphatic carbocycles. The second-order valence-electron chi connectivity index (χ2n) is 4.06. The maximum Gasteiger partial charge on any atom is 0.148 e. The van der Waals surface area contributed by atoms with E-state index >= 15 is 0 Å². The highest BCUT2D eigenvalue weighted by Crippen LogP contribution is 2.26. The third kappa shape index (κ3) is 3.04. The number of nitriles is 1. The van der Waals surface area contributed by atoms with Crippen molar-refractivity contribution in [3.63, 3.8) is 0 Å². The van der Waals surface area contributed by atoms with E-state index in [1.54, 1.807) is 6.07 Å². The van der Waals surface area contributed by atoms with Crippen LogP contribution in [0.1, 0.15) is 18.1 Å². The number of hydrogen-bond acceptors (Lipinski definition) is 4. The van der Waals surface area contributed by atoms with Crippen molar-refractivity contribution < 1.29 is 0 Å². The van der Waals surface area contributed by atoms with Crippen LogP contribution in [0.2, 0.25) is 0 Å². The first-order valence-electron chi connectivity index (χ1n) is 5.85. The molecule has 3 N–H and O–H groups in total. The van der Waals surface area contributed by atoms with Gasteiger partial charge in [-0.2, -0.15) is 5.26 Å². The quantitative estimate of drug-likeness (QED) is 0.907. The maximum atomic E-state index is 9.10. The number of aromatic nitrogens is 1. The minimum Gasteiger partial charge on any atom is -0.397 e. The van der Waals surface area contributed by atoms with Gasteiger partial charge in [0.25, 0.3) is 0 Å². The summed E-state index contributed by atoms with van der Waals surface area (Å²) in [5.41, 5.74) is 8.63. The molecule has 0 atom stereocenters. The van der Waals surface area contributed by atoms with Crippen molar-refractivity contribution in [2.24, 2.45) is 0 Å². The van der Waals surface area contributed by atoms with Crippen LogP contribution in [-0.2, 0) is 6.42 Å². The average Bonchev–Trinajstić information content (AvgIpc) is 2.42. The summed E-state index contributed by atoms with van der Waals surface area (Å²) in [7, 11) is 0. The summed E-state index contributed by atoms with van der Waals surface area (Å²) in [5.74, 6) is 0.522. The zero-order chi connectivity index (χ0) is 13.8. The number of anilines is 3. The van der Waals surface area contributed by atoms with E-state index in [1.165, 1.54) is 6.20 Å². The van der Waals surface area contributed by atoms with Crippen LogP contribution in [0, 0.1) is 11.3 Å². The molecule has 0 spiro atoms. The number of pyridine rings is 1. The second-order valence-corrected chi connectivity index (χ2v) is 4.97. The Hall–Kier alpha value is -2.06. The molecule has 2 aromatic rings. The van der Waals surface area contributed by atoms with E-state index in [9.17, 15) is 0 Å². The third-order valence-corrected chi connectivity index (χ3v) is 3.22. The van der Waals surface area contributed by atoms with Crippen LogP contribution in [0.5, 0.6) is 0 Å². The van der Waals surface area contributed by atoms with E-state index in [1.807, 2.05) is 18.2 Å². The average molecular weight is 317 g/mol. The molecule has 0 aliphatic rings. The van der Waals surface area contributed by atoms with E-state index in [2.05, 4.69) is 39.2 Å². The van der Waals surface area contributed by atoms with Crippen LogP contribution in [0.3, 0.4) is 0 Å². The molecule has 0 unspecified atom stereocenters. The smallest absolute Gasteiger partial charge is 0.148 e. The molecule has 5 heteroatoms. The van der Waals surface area contributed by atoms with Gasteiger partial charge in [-0.15, -0.1) is 0 Å². The fourth-order valence-electron chi connectivity index (χ4n) is 1.77. The van der Waals surface area contributed by atoms with E-state index < -0.39 is 0 Å². The molecule has 0 saturated heterocycles. The lowest BCUT2D eigenvalue weighted by Crippen LogP contribution is -2.01. The lowest BCUT2D eigenvalue weighted by Gasteiger charge is -2.12. The molecule has 1 aromatic carbocycles. The van der Waals surface area contributed by atoms with Crippen molar-refractivity contribution in [1.82, 2.24) is 4.98 Å². The summed E-state index contributed by atoms with van der Waals surface area (Å²) >= 11 is 3.45. The van der Waals surface area contributed by atoms with Crippen molar-refractivity contribution in [3.8, 4) is 6.07 Å². The van der Waals surface area contributed by atoms with E-state index in [0.717, 1.165) is 22.1 Å². The van der Waals surface area contributed by atoms with Crippen molar-refractivity contribution in [2.45, 2.75) is 13.3 Å². The van der Waals surface area contributed by atoms with Gasteiger partial charge in [0.15, 0.2) is 0 Å². The predicted molar refractivity (Wildman–Crippen MR) is 80.2 cm³/mol. The number of aryl methyl sites for hydroxylation is 1. The number of hydrogen-bond donors (Lipinski definition) is 2. The van der Waals surface area contributed by atoms with Gasteiger partial charge >= 0.3 is 0 Å². The van der Waals surface area contributed by atoms with Crippen molar-refractivity contribution in [1.29, 1.82) is 5.26 Å². The molecule has 2 rings (SSSR count). The SMILES string of the molecule is CCc1cc(Br)ccc1Nc1ncc(N)cc1C#N. The van der Waals surface area contributed by atoms with Gasteiger partial charge in [0.05, 0.1) is 17.4 Å². The summed E-state index contributed by atoms with van der Waals surface area (Å²) in [5, 5.41) is 12.3. The number of nitrogens with two attached hydrogens (primary N) is 1. The van der Waals surface area contributed by atoms with Crippen LogP contribution in [0.4, 0.5) is 17.2 Å². The minimum atomic E-state index is 0.435. The van der Waals surface area contributed by atoms with Gasteiger partial charge in [0.2, 0.25) is 0 Å². The van der Waals surface area contributed by atoms with Crippen LogP contribution in [-0.4, -0.2) is 4.98 Å². The molecule has 0 bridgehead atoms. The van der Waals surface area contributed by atoms with Crippen LogP contribution >= 0.6 is 15.9 Å². The molecule has 0 aliphatic heterocycles. The van der Waals surface area contributed by atoms with Gasteiger partial charge in [0.1, 0.15) is 11.9 Å². The summed E-state index contributed by atoms with van der Waals surface area (Å²) in [6.45, 7) is 2.08. The van der Waals surface area contributed by atoms with Crippen LogP contribution in [0.25, 0.3) is 0 Å². The highest BCUT2D eigenvalue weighted by atomic mass is 79.9. The second kappa shape index (κ2) is 5.72. The summed E-state index contributed by atoms with van der Waals surface area (Å²) in [4.78, 5) is 4.17. The Morgan fingerprint density at radius 3 is 2.89 bits per heavy atom. The highest BCUT2D eigenvalue weighted by molar-refractivity contribution is 9.10. The topological polar surface area (TPSA) is 74.7 Å². The minimum absolute atomic E-state index is 0.435. The predicted octanol–water partition coefficient (Wildman–Crippen LogP) is 3.60. The first-order chi connectivity index (χ1) is 9.13. The number of nitrogen functional groups attached to an aromatic ring is 1. The lowest BCUT2D eigenvalue weighted by atomic mass is 10.1. The fraction of sp³-hybridized carbons (Fsp3) is 0.143. The van der Waals surface area contributed by atoms with E-state index in [4.69, 9.17) is 11.0 Å². The number of halogens is 1. The molecule has 1 heterocycles. The maximum absolute atomic E-state index is 9.10. The largest absolute Gasteiger partial charge is 0.397 e. The van der Waals surface area contributed by atoms with Gasteiger partial charge in [-0.3, -0.25) is 0 Å². The van der Waals surface area contributed by atoms with Gasteiger partial charge in [-0.05, 0) is 36.2 Å². The monoisotopic (exact) mass is 316 g/mol. The Balaban J connectivity index is 2.39. The van der Waals surface area contributed by atoms with Crippen LogP contribution in [0.15, 0.2) is 34.9 Å².